The zero-order valence-corrected chi connectivity index (χ0v) is 16.5. The van der Waals surface area contributed by atoms with E-state index in [0.717, 1.165) is 5.56 Å². The zero-order valence-electron chi connectivity index (χ0n) is 14.9. The van der Waals surface area contributed by atoms with Crippen molar-refractivity contribution >= 4 is 33.4 Å². The van der Waals surface area contributed by atoms with E-state index < -0.39 is 0 Å². The maximum absolute atomic E-state index is 12.9. The van der Waals surface area contributed by atoms with Crippen molar-refractivity contribution in [3.05, 3.63) is 64.3 Å². The maximum Gasteiger partial charge on any atom is 0.253 e. The SMILES string of the molecule is COc1cc(Br)c(NC(=O)C2=CNC(=O)CC2c2ccccc2)cc1OC. The molecule has 0 aromatic heterocycles. The first kappa shape index (κ1) is 19.0. The van der Waals surface area contributed by atoms with E-state index >= 15 is 0 Å². The summed E-state index contributed by atoms with van der Waals surface area (Å²) in [5.41, 5.74) is 1.95. The molecule has 1 heterocycles. The summed E-state index contributed by atoms with van der Waals surface area (Å²) in [4.78, 5) is 24.8. The van der Waals surface area contributed by atoms with Gasteiger partial charge in [-0.1, -0.05) is 30.3 Å². The predicted molar refractivity (Wildman–Crippen MR) is 106 cm³/mol. The molecule has 2 amide bonds. The Morgan fingerprint density at radius 2 is 1.81 bits per heavy atom. The van der Waals surface area contributed by atoms with Crippen LogP contribution in [0.1, 0.15) is 17.9 Å². The molecule has 2 N–H and O–H groups in total. The van der Waals surface area contributed by atoms with Gasteiger partial charge >= 0.3 is 0 Å². The van der Waals surface area contributed by atoms with Crippen LogP contribution < -0.4 is 20.1 Å². The molecule has 0 radical (unpaired) electrons. The standard InChI is InChI=1S/C20H19BrN2O4/c1-26-17-9-15(21)16(10-18(17)27-2)23-20(25)14-11-22-19(24)8-13(14)12-6-4-3-5-7-12/h3-7,9-11,13H,8H2,1-2H3,(H,22,24)(H,23,25). The Morgan fingerprint density at radius 3 is 2.48 bits per heavy atom. The Kier molecular flexibility index (Phi) is 5.81. The van der Waals surface area contributed by atoms with Crippen LogP contribution in [0.25, 0.3) is 0 Å². The summed E-state index contributed by atoms with van der Waals surface area (Å²) in [7, 11) is 3.07. The number of hydrogen-bond acceptors (Lipinski definition) is 4. The molecule has 3 rings (SSSR count). The number of ether oxygens (including phenoxy) is 2. The molecule has 0 bridgehead atoms. The van der Waals surface area contributed by atoms with Gasteiger partial charge in [0.15, 0.2) is 11.5 Å². The molecule has 140 valence electrons. The van der Waals surface area contributed by atoms with E-state index in [1.165, 1.54) is 13.3 Å². The number of anilines is 1. The Labute approximate surface area is 165 Å². The van der Waals surface area contributed by atoms with Crippen molar-refractivity contribution in [3.8, 4) is 11.5 Å². The van der Waals surface area contributed by atoms with Crippen molar-refractivity contribution in [1.82, 2.24) is 5.32 Å². The van der Waals surface area contributed by atoms with E-state index in [2.05, 4.69) is 26.6 Å². The van der Waals surface area contributed by atoms with Crippen LogP contribution in [-0.2, 0) is 9.59 Å². The van der Waals surface area contributed by atoms with Gasteiger partial charge in [0.2, 0.25) is 5.91 Å². The average molecular weight is 431 g/mol. The van der Waals surface area contributed by atoms with E-state index in [-0.39, 0.29) is 24.2 Å². The second-order valence-corrected chi connectivity index (χ2v) is 6.83. The smallest absolute Gasteiger partial charge is 0.253 e. The van der Waals surface area contributed by atoms with E-state index in [4.69, 9.17) is 9.47 Å². The Hall–Kier alpha value is -2.80. The second kappa shape index (κ2) is 8.26. The minimum absolute atomic E-state index is 0.118. The van der Waals surface area contributed by atoms with Crippen molar-refractivity contribution in [2.75, 3.05) is 19.5 Å². The van der Waals surface area contributed by atoms with Crippen LogP contribution in [0.15, 0.2) is 58.7 Å². The van der Waals surface area contributed by atoms with Crippen LogP contribution >= 0.6 is 15.9 Å². The van der Waals surface area contributed by atoms with Gasteiger partial charge in [-0.15, -0.1) is 0 Å². The predicted octanol–water partition coefficient (Wildman–Crippen LogP) is 3.59. The lowest BCUT2D eigenvalue weighted by molar-refractivity contribution is -0.121. The van der Waals surface area contributed by atoms with Crippen molar-refractivity contribution in [1.29, 1.82) is 0 Å². The molecule has 2 aromatic rings. The molecule has 0 spiro atoms. The monoisotopic (exact) mass is 430 g/mol. The molecule has 1 aliphatic heterocycles. The topological polar surface area (TPSA) is 76.7 Å². The van der Waals surface area contributed by atoms with Crippen LogP contribution in [0.4, 0.5) is 5.69 Å². The first-order valence-corrected chi connectivity index (χ1v) is 9.10. The Bertz CT molecular complexity index is 896. The molecule has 6 nitrogen and oxygen atoms in total. The van der Waals surface area contributed by atoms with E-state index in [9.17, 15) is 9.59 Å². The summed E-state index contributed by atoms with van der Waals surface area (Å²) in [5.74, 6) is 0.332. The minimum atomic E-state index is -0.307. The van der Waals surface area contributed by atoms with E-state index in [1.807, 2.05) is 30.3 Å². The molecular formula is C20H19BrN2O4. The molecule has 7 heteroatoms. The van der Waals surface area contributed by atoms with Crippen molar-refractivity contribution in [2.24, 2.45) is 0 Å². The molecule has 0 saturated heterocycles. The molecular weight excluding hydrogens is 412 g/mol. The summed E-state index contributed by atoms with van der Waals surface area (Å²) in [6, 6.07) is 12.9. The quantitative estimate of drug-likeness (QED) is 0.759. The molecule has 1 aliphatic rings. The second-order valence-electron chi connectivity index (χ2n) is 5.98. The van der Waals surface area contributed by atoms with Crippen LogP contribution in [0.5, 0.6) is 11.5 Å². The van der Waals surface area contributed by atoms with Gasteiger partial charge in [-0.2, -0.15) is 0 Å². The number of methoxy groups -OCH3 is 2. The molecule has 0 saturated carbocycles. The number of hydrogen-bond donors (Lipinski definition) is 2. The highest BCUT2D eigenvalue weighted by Gasteiger charge is 2.29. The molecule has 1 atom stereocenters. The van der Waals surface area contributed by atoms with E-state index in [0.29, 0.717) is 27.2 Å². The van der Waals surface area contributed by atoms with Crippen LogP contribution in [0, 0.1) is 0 Å². The van der Waals surface area contributed by atoms with Crippen molar-refractivity contribution in [3.63, 3.8) is 0 Å². The number of amides is 2. The maximum atomic E-state index is 12.9. The highest BCUT2D eigenvalue weighted by molar-refractivity contribution is 9.10. The normalized spacial score (nSPS) is 16.2. The van der Waals surface area contributed by atoms with Gasteiger partial charge in [0.05, 0.1) is 19.9 Å². The van der Waals surface area contributed by atoms with Gasteiger partial charge < -0.3 is 20.1 Å². The molecule has 1 unspecified atom stereocenters. The highest BCUT2D eigenvalue weighted by atomic mass is 79.9. The van der Waals surface area contributed by atoms with Gasteiger partial charge in [-0.3, -0.25) is 9.59 Å². The minimum Gasteiger partial charge on any atom is -0.493 e. The first-order valence-electron chi connectivity index (χ1n) is 8.30. The summed E-state index contributed by atoms with van der Waals surface area (Å²) in [5, 5.41) is 5.52. The van der Waals surface area contributed by atoms with Crippen molar-refractivity contribution < 1.29 is 19.1 Å². The molecule has 27 heavy (non-hydrogen) atoms. The van der Waals surface area contributed by atoms with E-state index in [1.54, 1.807) is 19.2 Å². The van der Waals surface area contributed by atoms with Crippen LogP contribution in [0.3, 0.4) is 0 Å². The fraction of sp³-hybridized carbons (Fsp3) is 0.200. The number of benzene rings is 2. The highest BCUT2D eigenvalue weighted by Crippen LogP contribution is 2.37. The number of carbonyl (C=O) groups is 2. The number of rotatable bonds is 5. The molecule has 0 aliphatic carbocycles. The largest absolute Gasteiger partial charge is 0.493 e. The average Bonchev–Trinajstić information content (AvgIpc) is 2.69. The molecule has 2 aromatic carbocycles. The third-order valence-electron chi connectivity index (χ3n) is 4.34. The van der Waals surface area contributed by atoms with Crippen molar-refractivity contribution in [2.45, 2.75) is 12.3 Å². The van der Waals surface area contributed by atoms with Crippen LogP contribution in [-0.4, -0.2) is 26.0 Å². The third-order valence-corrected chi connectivity index (χ3v) is 5.00. The van der Waals surface area contributed by atoms with Gasteiger partial charge in [0, 0.05) is 40.7 Å². The number of halogens is 1. The van der Waals surface area contributed by atoms with Gasteiger partial charge in [0.1, 0.15) is 0 Å². The summed E-state index contributed by atoms with van der Waals surface area (Å²) < 4.78 is 11.2. The first-order chi connectivity index (χ1) is 13.0. The Morgan fingerprint density at radius 1 is 1.15 bits per heavy atom. The summed E-state index contributed by atoms with van der Waals surface area (Å²) >= 11 is 3.43. The lowest BCUT2D eigenvalue weighted by Crippen LogP contribution is -2.32. The summed E-state index contributed by atoms with van der Waals surface area (Å²) in [6.07, 6.45) is 1.70. The fourth-order valence-corrected chi connectivity index (χ4v) is 3.39. The Balaban J connectivity index is 1.89. The number of nitrogens with one attached hydrogen (secondary N) is 2. The fourth-order valence-electron chi connectivity index (χ4n) is 2.96. The number of carbonyl (C=O) groups excluding carboxylic acids is 2. The van der Waals surface area contributed by atoms with Crippen LogP contribution in [0.2, 0.25) is 0 Å². The zero-order chi connectivity index (χ0) is 19.4. The van der Waals surface area contributed by atoms with Gasteiger partial charge in [-0.25, -0.2) is 0 Å². The lowest BCUT2D eigenvalue weighted by Gasteiger charge is -2.24. The summed E-state index contributed by atoms with van der Waals surface area (Å²) in [6.45, 7) is 0. The molecule has 0 fully saturated rings. The van der Waals surface area contributed by atoms with Gasteiger partial charge in [0.25, 0.3) is 5.91 Å². The lowest BCUT2D eigenvalue weighted by atomic mass is 9.86. The third kappa shape index (κ3) is 4.14. The van der Waals surface area contributed by atoms with Gasteiger partial charge in [-0.05, 0) is 21.5 Å².